The summed E-state index contributed by atoms with van der Waals surface area (Å²) in [5, 5.41) is 15.7. The van der Waals surface area contributed by atoms with Crippen LogP contribution in [0.2, 0.25) is 5.02 Å². The summed E-state index contributed by atoms with van der Waals surface area (Å²) >= 11 is 5.83. The zero-order valence-electron chi connectivity index (χ0n) is 11.3. The lowest BCUT2D eigenvalue weighted by Gasteiger charge is -2.12. The molecule has 1 aromatic rings. The number of amides is 1. The molecule has 1 aliphatic carbocycles. The average Bonchev–Trinajstić information content (AvgIpc) is 2.93. The van der Waals surface area contributed by atoms with E-state index in [-0.39, 0.29) is 5.91 Å². The minimum Gasteiger partial charge on any atom is -0.383 e. The van der Waals surface area contributed by atoms with Crippen LogP contribution in [-0.2, 0) is 4.79 Å². The van der Waals surface area contributed by atoms with E-state index in [1.807, 2.05) is 0 Å². The van der Waals surface area contributed by atoms with Crippen molar-refractivity contribution in [3.63, 3.8) is 0 Å². The number of hydrogen-bond acceptors (Lipinski definition) is 3. The van der Waals surface area contributed by atoms with Crippen LogP contribution in [0, 0.1) is 11.3 Å². The Morgan fingerprint density at radius 1 is 1.40 bits per heavy atom. The van der Waals surface area contributed by atoms with E-state index in [4.69, 9.17) is 16.9 Å². The van der Waals surface area contributed by atoms with Gasteiger partial charge in [-0.15, -0.1) is 0 Å². The Morgan fingerprint density at radius 3 is 2.85 bits per heavy atom. The van der Waals surface area contributed by atoms with E-state index >= 15 is 0 Å². The van der Waals surface area contributed by atoms with Gasteiger partial charge in [0.1, 0.15) is 6.07 Å². The molecule has 0 spiro atoms. The largest absolute Gasteiger partial charge is 0.383 e. The molecule has 1 aliphatic rings. The maximum Gasteiger partial charge on any atom is 0.221 e. The van der Waals surface area contributed by atoms with Crippen LogP contribution < -0.4 is 10.6 Å². The van der Waals surface area contributed by atoms with E-state index in [1.54, 1.807) is 18.2 Å². The molecule has 0 saturated heterocycles. The Labute approximate surface area is 124 Å². The molecule has 0 aliphatic heterocycles. The molecule has 4 nitrogen and oxygen atoms in total. The Kier molecular flexibility index (Phi) is 5.25. The highest BCUT2D eigenvalue weighted by molar-refractivity contribution is 6.30. The van der Waals surface area contributed by atoms with E-state index in [0.717, 1.165) is 12.8 Å². The van der Waals surface area contributed by atoms with Crippen LogP contribution in [0.5, 0.6) is 0 Å². The van der Waals surface area contributed by atoms with Gasteiger partial charge >= 0.3 is 0 Å². The van der Waals surface area contributed by atoms with Gasteiger partial charge in [0.2, 0.25) is 5.91 Å². The highest BCUT2D eigenvalue weighted by Crippen LogP contribution is 2.20. The number of anilines is 1. The second-order valence-corrected chi connectivity index (χ2v) is 5.46. The summed E-state index contributed by atoms with van der Waals surface area (Å²) in [5.74, 6) is 0.0665. The Hall–Kier alpha value is -1.73. The highest BCUT2D eigenvalue weighted by Gasteiger charge is 2.16. The van der Waals surface area contributed by atoms with Crippen LogP contribution in [-0.4, -0.2) is 18.5 Å². The van der Waals surface area contributed by atoms with Crippen LogP contribution in [0.25, 0.3) is 0 Å². The van der Waals surface area contributed by atoms with E-state index < -0.39 is 0 Å². The molecule has 1 fully saturated rings. The van der Waals surface area contributed by atoms with E-state index in [0.29, 0.717) is 35.3 Å². The molecule has 2 N–H and O–H groups in total. The number of rotatable bonds is 5. The number of nitrogens with one attached hydrogen (secondary N) is 2. The normalized spacial score (nSPS) is 14.8. The van der Waals surface area contributed by atoms with Crippen molar-refractivity contribution in [1.29, 1.82) is 5.26 Å². The summed E-state index contributed by atoms with van der Waals surface area (Å²) in [6.07, 6.45) is 5.01. The summed E-state index contributed by atoms with van der Waals surface area (Å²) in [4.78, 5) is 11.8. The van der Waals surface area contributed by atoms with Crippen molar-refractivity contribution in [2.24, 2.45) is 0 Å². The second-order valence-electron chi connectivity index (χ2n) is 5.03. The molecule has 0 radical (unpaired) electrons. The minimum atomic E-state index is 0.0665. The first-order valence-electron chi connectivity index (χ1n) is 6.92. The molecule has 1 aromatic carbocycles. The highest BCUT2D eigenvalue weighted by atomic mass is 35.5. The summed E-state index contributed by atoms with van der Waals surface area (Å²) in [6.45, 7) is 0.509. The first kappa shape index (κ1) is 14.7. The fraction of sp³-hybridized carbons (Fsp3) is 0.467. The number of halogens is 1. The zero-order valence-corrected chi connectivity index (χ0v) is 12.0. The SMILES string of the molecule is N#Cc1cc(Cl)ccc1NCCC(=O)NC1CCCC1. The van der Waals surface area contributed by atoms with Crippen LogP contribution >= 0.6 is 11.6 Å². The molecule has 1 amide bonds. The van der Waals surface area contributed by atoms with Crippen molar-refractivity contribution in [1.82, 2.24) is 5.32 Å². The third kappa shape index (κ3) is 4.14. The molecule has 106 valence electrons. The van der Waals surface area contributed by atoms with Crippen LogP contribution in [0.3, 0.4) is 0 Å². The second kappa shape index (κ2) is 7.16. The van der Waals surface area contributed by atoms with E-state index in [2.05, 4.69) is 16.7 Å². The van der Waals surface area contributed by atoms with Crippen molar-refractivity contribution in [3.05, 3.63) is 28.8 Å². The number of carbonyl (C=O) groups excluding carboxylic acids is 1. The van der Waals surface area contributed by atoms with Crippen LogP contribution in [0.1, 0.15) is 37.7 Å². The predicted octanol–water partition coefficient (Wildman–Crippen LogP) is 3.07. The van der Waals surface area contributed by atoms with Gasteiger partial charge in [-0.05, 0) is 31.0 Å². The molecular formula is C15H18ClN3O. The molecule has 0 unspecified atom stereocenters. The first-order valence-corrected chi connectivity index (χ1v) is 7.29. The molecular weight excluding hydrogens is 274 g/mol. The number of carbonyl (C=O) groups is 1. The van der Waals surface area contributed by atoms with Gasteiger partial charge in [0.25, 0.3) is 0 Å². The van der Waals surface area contributed by atoms with Gasteiger partial charge in [-0.3, -0.25) is 4.79 Å². The average molecular weight is 292 g/mol. The molecule has 0 heterocycles. The van der Waals surface area contributed by atoms with E-state index in [1.165, 1.54) is 12.8 Å². The minimum absolute atomic E-state index is 0.0665. The summed E-state index contributed by atoms with van der Waals surface area (Å²) < 4.78 is 0. The number of nitrogens with zero attached hydrogens (tertiary/aromatic N) is 1. The van der Waals surface area contributed by atoms with Gasteiger partial charge in [0, 0.05) is 24.0 Å². The van der Waals surface area contributed by atoms with Crippen molar-refractivity contribution in [3.8, 4) is 6.07 Å². The van der Waals surface area contributed by atoms with Gasteiger partial charge in [-0.2, -0.15) is 5.26 Å². The molecule has 20 heavy (non-hydrogen) atoms. The Bertz CT molecular complexity index is 518. The smallest absolute Gasteiger partial charge is 0.221 e. The van der Waals surface area contributed by atoms with Gasteiger partial charge in [0.05, 0.1) is 11.3 Å². The quantitative estimate of drug-likeness (QED) is 0.876. The lowest BCUT2D eigenvalue weighted by atomic mass is 10.2. The van der Waals surface area contributed by atoms with Gasteiger partial charge in [0.15, 0.2) is 0 Å². The maximum atomic E-state index is 11.8. The summed E-state index contributed by atoms with van der Waals surface area (Å²) in [6, 6.07) is 7.54. The van der Waals surface area contributed by atoms with Crippen molar-refractivity contribution in [2.75, 3.05) is 11.9 Å². The molecule has 1 saturated carbocycles. The van der Waals surface area contributed by atoms with Crippen molar-refractivity contribution < 1.29 is 4.79 Å². The Morgan fingerprint density at radius 2 is 2.15 bits per heavy atom. The molecule has 0 bridgehead atoms. The van der Waals surface area contributed by atoms with Crippen LogP contribution in [0.4, 0.5) is 5.69 Å². The topological polar surface area (TPSA) is 64.9 Å². The first-order chi connectivity index (χ1) is 9.69. The fourth-order valence-electron chi connectivity index (χ4n) is 2.44. The zero-order chi connectivity index (χ0) is 14.4. The number of nitriles is 1. The van der Waals surface area contributed by atoms with Gasteiger partial charge in [-0.1, -0.05) is 24.4 Å². The maximum absolute atomic E-state index is 11.8. The molecule has 2 rings (SSSR count). The lowest BCUT2D eigenvalue weighted by molar-refractivity contribution is -0.121. The van der Waals surface area contributed by atoms with Gasteiger partial charge in [-0.25, -0.2) is 0 Å². The summed E-state index contributed by atoms with van der Waals surface area (Å²) in [7, 11) is 0. The predicted molar refractivity (Wildman–Crippen MR) is 79.7 cm³/mol. The molecule has 5 heteroatoms. The molecule has 0 atom stereocenters. The van der Waals surface area contributed by atoms with Crippen LogP contribution in [0.15, 0.2) is 18.2 Å². The third-order valence-electron chi connectivity index (χ3n) is 3.49. The van der Waals surface area contributed by atoms with Crippen molar-refractivity contribution in [2.45, 2.75) is 38.1 Å². The standard InChI is InChI=1S/C15H18ClN3O/c16-12-5-6-14(11(9-12)10-17)18-8-7-15(20)19-13-3-1-2-4-13/h5-6,9,13,18H,1-4,7-8H2,(H,19,20). The van der Waals surface area contributed by atoms with Crippen molar-refractivity contribution >= 4 is 23.2 Å². The number of hydrogen-bond donors (Lipinski definition) is 2. The van der Waals surface area contributed by atoms with Gasteiger partial charge < -0.3 is 10.6 Å². The third-order valence-corrected chi connectivity index (χ3v) is 3.72. The monoisotopic (exact) mass is 291 g/mol. The fourth-order valence-corrected chi connectivity index (χ4v) is 2.62. The van der Waals surface area contributed by atoms with E-state index in [9.17, 15) is 4.79 Å². The molecule has 0 aromatic heterocycles. The number of benzene rings is 1. The summed E-state index contributed by atoms with van der Waals surface area (Å²) in [5.41, 5.74) is 1.21. The Balaban J connectivity index is 1.78. The lowest BCUT2D eigenvalue weighted by Crippen LogP contribution is -2.33.